The van der Waals surface area contributed by atoms with E-state index in [0.717, 1.165) is 61.8 Å². The van der Waals surface area contributed by atoms with Crippen LogP contribution in [0.1, 0.15) is 18.9 Å². The number of aromatic nitrogens is 4. The first-order chi connectivity index (χ1) is 14.6. The van der Waals surface area contributed by atoms with Crippen LogP contribution in [0.2, 0.25) is 0 Å². The summed E-state index contributed by atoms with van der Waals surface area (Å²) in [4.78, 5) is 13.7. The lowest BCUT2D eigenvalue weighted by atomic mass is 10.1. The van der Waals surface area contributed by atoms with Gasteiger partial charge in [-0.15, -0.1) is 12.4 Å². The number of halogens is 2. The van der Waals surface area contributed by atoms with Crippen molar-refractivity contribution in [2.24, 2.45) is 0 Å². The third-order valence-electron chi connectivity index (χ3n) is 5.43. The molecule has 31 heavy (non-hydrogen) atoms. The monoisotopic (exact) mass is 446 g/mol. The average Bonchev–Trinajstić information content (AvgIpc) is 3.21. The Morgan fingerprint density at radius 2 is 1.77 bits per heavy atom. The van der Waals surface area contributed by atoms with Crippen LogP contribution in [0.5, 0.6) is 0 Å². The molecule has 3 heterocycles. The van der Waals surface area contributed by atoms with Crippen molar-refractivity contribution in [1.29, 1.82) is 0 Å². The molecule has 1 aliphatic heterocycles. The first-order valence-corrected chi connectivity index (χ1v) is 10.4. The van der Waals surface area contributed by atoms with Crippen molar-refractivity contribution in [1.82, 2.24) is 24.6 Å². The van der Waals surface area contributed by atoms with Gasteiger partial charge >= 0.3 is 0 Å². The fourth-order valence-corrected chi connectivity index (χ4v) is 3.68. The molecule has 1 fully saturated rings. The Morgan fingerprint density at radius 1 is 1.06 bits per heavy atom. The molecule has 0 amide bonds. The van der Waals surface area contributed by atoms with E-state index >= 15 is 0 Å². The molecule has 3 aromatic rings. The predicted octanol–water partition coefficient (Wildman–Crippen LogP) is 2.99. The molecule has 2 aromatic heterocycles. The highest BCUT2D eigenvalue weighted by Crippen LogP contribution is 2.27. The molecule has 0 unspecified atom stereocenters. The summed E-state index contributed by atoms with van der Waals surface area (Å²) in [7, 11) is 0. The molecule has 1 saturated heterocycles. The van der Waals surface area contributed by atoms with Crippen LogP contribution in [0.15, 0.2) is 49.1 Å². The van der Waals surface area contributed by atoms with Gasteiger partial charge in [0.05, 0.1) is 18.8 Å². The lowest BCUT2D eigenvalue weighted by Crippen LogP contribution is -2.46. The second-order valence-electron chi connectivity index (χ2n) is 7.63. The molecule has 0 bridgehead atoms. The van der Waals surface area contributed by atoms with Crippen LogP contribution in [0.25, 0.3) is 11.3 Å². The Labute approximate surface area is 188 Å². The lowest BCUT2D eigenvalue weighted by Gasteiger charge is -2.35. The van der Waals surface area contributed by atoms with Crippen LogP contribution >= 0.6 is 12.4 Å². The number of piperazine rings is 1. The van der Waals surface area contributed by atoms with E-state index in [2.05, 4.69) is 24.9 Å². The van der Waals surface area contributed by atoms with Gasteiger partial charge in [-0.25, -0.2) is 9.37 Å². The molecule has 1 aliphatic rings. The van der Waals surface area contributed by atoms with E-state index in [0.29, 0.717) is 6.54 Å². The summed E-state index contributed by atoms with van der Waals surface area (Å²) in [5.74, 6) is 0.579. The minimum absolute atomic E-state index is 0. The third-order valence-corrected chi connectivity index (χ3v) is 5.43. The largest absolute Gasteiger partial charge is 0.391 e. The average molecular weight is 447 g/mol. The Hall–Kier alpha value is -2.55. The zero-order valence-electron chi connectivity index (χ0n) is 17.6. The first-order valence-electron chi connectivity index (χ1n) is 10.4. The van der Waals surface area contributed by atoms with Crippen LogP contribution < -0.4 is 4.90 Å². The zero-order chi connectivity index (χ0) is 20.9. The molecule has 1 N–H and O–H groups in total. The lowest BCUT2D eigenvalue weighted by molar-refractivity contribution is 0.145. The highest BCUT2D eigenvalue weighted by molar-refractivity contribution is 5.85. The van der Waals surface area contributed by atoms with Crippen molar-refractivity contribution < 1.29 is 9.50 Å². The molecule has 1 aromatic carbocycles. The van der Waals surface area contributed by atoms with Crippen molar-refractivity contribution in [2.45, 2.75) is 32.5 Å². The molecule has 0 aliphatic carbocycles. The second-order valence-corrected chi connectivity index (χ2v) is 7.63. The predicted molar refractivity (Wildman–Crippen MR) is 121 cm³/mol. The van der Waals surface area contributed by atoms with Crippen LogP contribution in [0.4, 0.5) is 10.2 Å². The summed E-state index contributed by atoms with van der Waals surface area (Å²) in [6.45, 7) is 6.83. The maximum atomic E-state index is 13.3. The third kappa shape index (κ3) is 5.78. The Morgan fingerprint density at radius 3 is 2.48 bits per heavy atom. The van der Waals surface area contributed by atoms with Crippen molar-refractivity contribution in [2.75, 3.05) is 31.1 Å². The van der Waals surface area contributed by atoms with E-state index in [1.807, 2.05) is 24.0 Å². The smallest absolute Gasteiger partial charge is 0.155 e. The minimum Gasteiger partial charge on any atom is -0.391 e. The Balaban J connectivity index is 0.00000272. The van der Waals surface area contributed by atoms with Crippen LogP contribution in [-0.4, -0.2) is 62.0 Å². The molecule has 7 nitrogen and oxygen atoms in total. The van der Waals surface area contributed by atoms with Gasteiger partial charge in [0.2, 0.25) is 0 Å². The van der Waals surface area contributed by atoms with E-state index in [9.17, 15) is 9.50 Å². The maximum Gasteiger partial charge on any atom is 0.155 e. The number of anilines is 1. The van der Waals surface area contributed by atoms with Gasteiger partial charge in [-0.3, -0.25) is 14.6 Å². The Kier molecular flexibility index (Phi) is 7.95. The number of aliphatic hydroxyl groups is 1. The fraction of sp³-hybridized carbons (Fsp3) is 0.409. The van der Waals surface area contributed by atoms with Crippen LogP contribution in [-0.2, 0) is 13.1 Å². The van der Waals surface area contributed by atoms with E-state index in [4.69, 9.17) is 0 Å². The van der Waals surface area contributed by atoms with Gasteiger partial charge < -0.3 is 10.0 Å². The highest BCUT2D eigenvalue weighted by atomic mass is 35.5. The number of hydrogen-bond acceptors (Lipinski definition) is 6. The maximum absolute atomic E-state index is 13.3. The Bertz CT molecular complexity index is 959. The summed E-state index contributed by atoms with van der Waals surface area (Å²) in [6, 6.07) is 6.38. The summed E-state index contributed by atoms with van der Waals surface area (Å²) in [5.41, 5.74) is 2.79. The van der Waals surface area contributed by atoms with Crippen molar-refractivity contribution in [3.63, 3.8) is 0 Å². The fourth-order valence-electron chi connectivity index (χ4n) is 3.68. The van der Waals surface area contributed by atoms with Crippen LogP contribution in [0.3, 0.4) is 0 Å². The summed E-state index contributed by atoms with van der Waals surface area (Å²) in [5, 5.41) is 14.1. The molecule has 166 valence electrons. The summed E-state index contributed by atoms with van der Waals surface area (Å²) >= 11 is 0. The number of rotatable bonds is 7. The van der Waals surface area contributed by atoms with Crippen LogP contribution in [0, 0.1) is 5.82 Å². The number of nitrogens with zero attached hydrogens (tertiary/aromatic N) is 6. The second kappa shape index (κ2) is 10.7. The van der Waals surface area contributed by atoms with E-state index in [1.165, 1.54) is 12.1 Å². The molecule has 4 rings (SSSR count). The number of aliphatic hydroxyl groups excluding tert-OH is 1. The number of benzene rings is 1. The van der Waals surface area contributed by atoms with Gasteiger partial charge in [-0.1, -0.05) is 6.92 Å². The minimum atomic E-state index is -0.358. The SMILES string of the molecule is CC[C@@H](O)Cn1cc(CN2CCN(c3nccnc3-c3ccc(F)cc3)CC2)cn1.Cl. The van der Waals surface area contributed by atoms with Crippen molar-refractivity contribution in [3.05, 3.63) is 60.4 Å². The van der Waals surface area contributed by atoms with E-state index in [-0.39, 0.29) is 24.3 Å². The van der Waals surface area contributed by atoms with E-state index in [1.54, 1.807) is 24.5 Å². The van der Waals surface area contributed by atoms with Gasteiger partial charge in [0, 0.05) is 62.4 Å². The summed E-state index contributed by atoms with van der Waals surface area (Å²) in [6.07, 6.45) is 7.63. The topological polar surface area (TPSA) is 70.3 Å². The molecular formula is C22H28ClFN6O. The van der Waals surface area contributed by atoms with Gasteiger partial charge in [-0.2, -0.15) is 5.10 Å². The summed E-state index contributed by atoms with van der Waals surface area (Å²) < 4.78 is 15.1. The quantitative estimate of drug-likeness (QED) is 0.601. The normalized spacial score (nSPS) is 15.5. The molecule has 0 radical (unpaired) electrons. The molecule has 9 heteroatoms. The van der Waals surface area contributed by atoms with E-state index < -0.39 is 0 Å². The zero-order valence-corrected chi connectivity index (χ0v) is 18.4. The first kappa shape index (κ1) is 23.1. The van der Waals surface area contributed by atoms with Crippen molar-refractivity contribution >= 4 is 18.2 Å². The standard InChI is InChI=1S/C22H27FN6O.ClH/c1-2-20(30)16-29-15-17(13-26-29)14-27-9-11-28(12-10-27)22-21(24-7-8-25-22)18-3-5-19(23)6-4-18;/h3-8,13,15,20,30H,2,9-12,14,16H2,1H3;1H/t20-;/m1./s1. The number of hydrogen-bond donors (Lipinski definition) is 1. The van der Waals surface area contributed by atoms with Gasteiger partial charge in [-0.05, 0) is 30.7 Å². The molecule has 0 saturated carbocycles. The molecular weight excluding hydrogens is 419 g/mol. The highest BCUT2D eigenvalue weighted by Gasteiger charge is 2.22. The molecule has 0 spiro atoms. The van der Waals surface area contributed by atoms with Crippen molar-refractivity contribution in [3.8, 4) is 11.3 Å². The molecule has 1 atom stereocenters. The van der Waals surface area contributed by atoms with Gasteiger partial charge in [0.25, 0.3) is 0 Å². The van der Waals surface area contributed by atoms with Gasteiger partial charge in [0.15, 0.2) is 5.82 Å². The van der Waals surface area contributed by atoms with Gasteiger partial charge in [0.1, 0.15) is 11.5 Å².